The van der Waals surface area contributed by atoms with Crippen molar-refractivity contribution >= 4 is 10.9 Å². The highest BCUT2D eigenvalue weighted by atomic mass is 16.5. The van der Waals surface area contributed by atoms with E-state index in [0.29, 0.717) is 0 Å². The molecule has 2 aliphatic heterocycles. The zero-order chi connectivity index (χ0) is 14.1. The molecule has 1 aromatic heterocycles. The minimum Gasteiger partial charge on any atom is -0.359 e. The first-order chi connectivity index (χ1) is 10.3. The molecule has 0 aliphatic carbocycles. The number of aromatic nitrogens is 1. The van der Waals surface area contributed by atoms with Crippen LogP contribution < -0.4 is 5.32 Å². The van der Waals surface area contributed by atoms with Crippen molar-refractivity contribution in [1.29, 1.82) is 0 Å². The number of nitrogens with zero attached hydrogens (tertiary/aromatic N) is 2. The molecule has 2 aliphatic rings. The van der Waals surface area contributed by atoms with Gasteiger partial charge in [-0.1, -0.05) is 24.3 Å². The van der Waals surface area contributed by atoms with Crippen molar-refractivity contribution in [3.8, 4) is 0 Å². The Morgan fingerprint density at radius 2 is 2.05 bits per heavy atom. The molecule has 2 fully saturated rings. The zero-order valence-corrected chi connectivity index (χ0v) is 12.2. The molecular formula is C17H21N3O. The van der Waals surface area contributed by atoms with Gasteiger partial charge in [0.05, 0.1) is 12.1 Å². The molecule has 0 unspecified atom stereocenters. The Hall–Kier alpha value is -1.49. The van der Waals surface area contributed by atoms with Crippen LogP contribution in [0, 0.1) is 0 Å². The van der Waals surface area contributed by atoms with Gasteiger partial charge in [-0.15, -0.1) is 0 Å². The minimum atomic E-state index is -0.0342. The Balaban J connectivity index is 1.49. The first-order valence-electron chi connectivity index (χ1n) is 7.79. The smallest absolute Gasteiger partial charge is 0.121 e. The number of para-hydroxylation sites is 1. The average Bonchev–Trinajstić information content (AvgIpc) is 2.99. The molecule has 3 heterocycles. The molecule has 4 heteroatoms. The second-order valence-electron chi connectivity index (χ2n) is 6.04. The van der Waals surface area contributed by atoms with Crippen LogP contribution in [0.5, 0.6) is 0 Å². The van der Waals surface area contributed by atoms with Crippen LogP contribution >= 0.6 is 0 Å². The summed E-state index contributed by atoms with van der Waals surface area (Å²) in [5.41, 5.74) is 2.42. The summed E-state index contributed by atoms with van der Waals surface area (Å²) in [6.45, 7) is 4.98. The molecule has 21 heavy (non-hydrogen) atoms. The summed E-state index contributed by atoms with van der Waals surface area (Å²) in [5, 5.41) is 4.75. The van der Waals surface area contributed by atoms with Crippen LogP contribution in [0.15, 0.2) is 36.5 Å². The molecule has 0 saturated carbocycles. The summed E-state index contributed by atoms with van der Waals surface area (Å²) >= 11 is 0. The van der Waals surface area contributed by atoms with Crippen LogP contribution in [-0.4, -0.2) is 41.9 Å². The van der Waals surface area contributed by atoms with E-state index in [-0.39, 0.29) is 5.72 Å². The van der Waals surface area contributed by atoms with Crippen LogP contribution in [0.4, 0.5) is 0 Å². The molecule has 1 spiro atoms. The molecule has 2 aromatic rings. The van der Waals surface area contributed by atoms with Crippen LogP contribution in [0.25, 0.3) is 10.9 Å². The van der Waals surface area contributed by atoms with Crippen molar-refractivity contribution < 1.29 is 4.74 Å². The topological polar surface area (TPSA) is 37.4 Å². The third-order valence-corrected chi connectivity index (χ3v) is 4.70. The van der Waals surface area contributed by atoms with E-state index in [1.807, 2.05) is 12.3 Å². The molecule has 4 nitrogen and oxygen atoms in total. The molecule has 1 aromatic carbocycles. The lowest BCUT2D eigenvalue weighted by Crippen LogP contribution is -2.50. The lowest BCUT2D eigenvalue weighted by atomic mass is 10.00. The van der Waals surface area contributed by atoms with Gasteiger partial charge < -0.3 is 4.74 Å². The highest BCUT2D eigenvalue weighted by Gasteiger charge is 2.37. The van der Waals surface area contributed by atoms with E-state index < -0.39 is 0 Å². The van der Waals surface area contributed by atoms with Crippen LogP contribution in [-0.2, 0) is 11.3 Å². The number of benzene rings is 1. The molecule has 0 bridgehead atoms. The standard InChI is InChI=1S/C17H21N3O/c1-3-14-5-2-8-18-16(14)15(4-1)13-20-10-6-17(7-11-20)19-9-12-21-17/h1-5,8,19H,6-7,9-13H2. The fourth-order valence-electron chi connectivity index (χ4n) is 3.51. The predicted molar refractivity (Wildman–Crippen MR) is 82.9 cm³/mol. The lowest BCUT2D eigenvalue weighted by Gasteiger charge is -2.38. The number of hydrogen-bond donors (Lipinski definition) is 1. The third-order valence-electron chi connectivity index (χ3n) is 4.70. The van der Waals surface area contributed by atoms with E-state index in [1.165, 1.54) is 10.9 Å². The fourth-order valence-corrected chi connectivity index (χ4v) is 3.51. The van der Waals surface area contributed by atoms with Crippen molar-refractivity contribution in [3.63, 3.8) is 0 Å². The summed E-state index contributed by atoms with van der Waals surface area (Å²) in [7, 11) is 0. The van der Waals surface area contributed by atoms with Crippen LogP contribution in [0.2, 0.25) is 0 Å². The molecule has 2 saturated heterocycles. The fraction of sp³-hybridized carbons (Fsp3) is 0.471. The highest BCUT2D eigenvalue weighted by Crippen LogP contribution is 2.28. The van der Waals surface area contributed by atoms with Crippen LogP contribution in [0.3, 0.4) is 0 Å². The van der Waals surface area contributed by atoms with Crippen molar-refractivity contribution in [2.24, 2.45) is 0 Å². The van der Waals surface area contributed by atoms with E-state index >= 15 is 0 Å². The SMILES string of the molecule is c1cnc2c(CN3CCC4(CC3)NCCO4)cccc2c1. The lowest BCUT2D eigenvalue weighted by molar-refractivity contribution is -0.0576. The van der Waals surface area contributed by atoms with E-state index in [4.69, 9.17) is 4.74 Å². The molecule has 4 rings (SSSR count). The summed E-state index contributed by atoms with van der Waals surface area (Å²) < 4.78 is 5.90. The number of piperidine rings is 1. The molecular weight excluding hydrogens is 262 g/mol. The van der Waals surface area contributed by atoms with E-state index in [0.717, 1.165) is 51.1 Å². The minimum absolute atomic E-state index is 0.0342. The predicted octanol–water partition coefficient (Wildman–Crippen LogP) is 2.15. The van der Waals surface area contributed by atoms with Gasteiger partial charge >= 0.3 is 0 Å². The Morgan fingerprint density at radius 1 is 1.19 bits per heavy atom. The number of pyridine rings is 1. The van der Waals surface area contributed by atoms with E-state index in [2.05, 4.69) is 39.5 Å². The Morgan fingerprint density at radius 3 is 2.86 bits per heavy atom. The van der Waals surface area contributed by atoms with E-state index in [1.54, 1.807) is 0 Å². The van der Waals surface area contributed by atoms with Gasteiger partial charge in [0, 0.05) is 50.6 Å². The molecule has 110 valence electrons. The average molecular weight is 283 g/mol. The van der Waals surface area contributed by atoms with Gasteiger partial charge in [0.15, 0.2) is 0 Å². The maximum Gasteiger partial charge on any atom is 0.121 e. The van der Waals surface area contributed by atoms with Crippen molar-refractivity contribution in [2.75, 3.05) is 26.2 Å². The summed E-state index contributed by atoms with van der Waals surface area (Å²) in [6.07, 6.45) is 4.03. The van der Waals surface area contributed by atoms with E-state index in [9.17, 15) is 0 Å². The zero-order valence-electron chi connectivity index (χ0n) is 12.2. The van der Waals surface area contributed by atoms with Gasteiger partial charge in [-0.2, -0.15) is 0 Å². The number of rotatable bonds is 2. The third kappa shape index (κ3) is 2.55. The quantitative estimate of drug-likeness (QED) is 0.916. The number of likely N-dealkylation sites (tertiary alicyclic amines) is 1. The normalized spacial score (nSPS) is 22.1. The second-order valence-corrected chi connectivity index (χ2v) is 6.04. The summed E-state index contributed by atoms with van der Waals surface area (Å²) in [4.78, 5) is 7.07. The van der Waals surface area contributed by atoms with Gasteiger partial charge in [0.25, 0.3) is 0 Å². The van der Waals surface area contributed by atoms with Gasteiger partial charge in [0.1, 0.15) is 5.72 Å². The summed E-state index contributed by atoms with van der Waals surface area (Å²) in [6, 6.07) is 10.6. The van der Waals surface area contributed by atoms with Gasteiger partial charge in [-0.3, -0.25) is 15.2 Å². The van der Waals surface area contributed by atoms with Crippen LogP contribution in [0.1, 0.15) is 18.4 Å². The first kappa shape index (κ1) is 13.2. The first-order valence-corrected chi connectivity index (χ1v) is 7.79. The molecule has 0 amide bonds. The van der Waals surface area contributed by atoms with Gasteiger partial charge in [-0.05, 0) is 11.6 Å². The maximum absolute atomic E-state index is 5.90. The Bertz CT molecular complexity index is 621. The van der Waals surface area contributed by atoms with Gasteiger partial charge in [0.2, 0.25) is 0 Å². The van der Waals surface area contributed by atoms with Gasteiger partial charge in [-0.25, -0.2) is 0 Å². The number of fused-ring (bicyclic) bond motifs is 1. The molecule has 0 atom stereocenters. The largest absolute Gasteiger partial charge is 0.359 e. The number of nitrogens with one attached hydrogen (secondary N) is 1. The van der Waals surface area contributed by atoms with Crippen molar-refractivity contribution in [1.82, 2.24) is 15.2 Å². The molecule has 1 N–H and O–H groups in total. The maximum atomic E-state index is 5.90. The van der Waals surface area contributed by atoms with Crippen molar-refractivity contribution in [3.05, 3.63) is 42.1 Å². The second kappa shape index (κ2) is 5.37. The number of hydrogen-bond acceptors (Lipinski definition) is 4. The van der Waals surface area contributed by atoms with Crippen molar-refractivity contribution in [2.45, 2.75) is 25.1 Å². The molecule has 0 radical (unpaired) electrons. The monoisotopic (exact) mass is 283 g/mol. The summed E-state index contributed by atoms with van der Waals surface area (Å²) in [5.74, 6) is 0. The Labute approximate surface area is 125 Å². The number of ether oxygens (including phenoxy) is 1. The highest BCUT2D eigenvalue weighted by molar-refractivity contribution is 5.81. The Kier molecular flexibility index (Phi) is 3.37.